The average Bonchev–Trinajstić information content (AvgIpc) is 2.67. The molecule has 0 fully saturated rings. The van der Waals surface area contributed by atoms with Gasteiger partial charge in [0.05, 0.1) is 26.5 Å². The van der Waals surface area contributed by atoms with Gasteiger partial charge in [-0.3, -0.25) is 9.59 Å². The van der Waals surface area contributed by atoms with Crippen molar-refractivity contribution in [3.05, 3.63) is 58.6 Å². The second-order valence-electron chi connectivity index (χ2n) is 5.66. The molecule has 0 aliphatic carbocycles. The number of nitrogens with zero attached hydrogens (tertiary/aromatic N) is 1. The summed E-state index contributed by atoms with van der Waals surface area (Å²) in [6.45, 7) is -0.0652. The number of hydrogen-bond acceptors (Lipinski definition) is 4. The van der Waals surface area contributed by atoms with Gasteiger partial charge in [0, 0.05) is 29.2 Å². The molecule has 0 aliphatic rings. The van der Waals surface area contributed by atoms with Crippen LogP contribution in [-0.4, -0.2) is 44.5 Å². The first-order valence-corrected chi connectivity index (χ1v) is 8.93. The van der Waals surface area contributed by atoms with Crippen molar-refractivity contribution in [3.8, 4) is 11.5 Å². The van der Waals surface area contributed by atoms with Crippen LogP contribution in [0.25, 0.3) is 6.08 Å². The third-order valence-electron chi connectivity index (χ3n) is 3.75. The molecule has 7 heteroatoms. The Morgan fingerprint density at radius 3 is 2.56 bits per heavy atom. The fraction of sp³-hybridized carbons (Fsp3) is 0.200. The maximum atomic E-state index is 12.3. The third-order valence-corrected chi connectivity index (χ3v) is 4.44. The van der Waals surface area contributed by atoms with Crippen LogP contribution in [0.3, 0.4) is 0 Å². The van der Waals surface area contributed by atoms with Crippen molar-refractivity contribution >= 4 is 39.5 Å². The van der Waals surface area contributed by atoms with Gasteiger partial charge in [0.2, 0.25) is 11.8 Å². The highest BCUT2D eigenvalue weighted by Gasteiger charge is 2.12. The highest BCUT2D eigenvalue weighted by molar-refractivity contribution is 9.10. The Morgan fingerprint density at radius 1 is 1.15 bits per heavy atom. The number of ether oxygens (including phenoxy) is 2. The smallest absolute Gasteiger partial charge is 0.246 e. The second kappa shape index (κ2) is 9.78. The lowest BCUT2D eigenvalue weighted by molar-refractivity contribution is -0.129. The zero-order chi connectivity index (χ0) is 19.8. The SMILES string of the molecule is COc1ccc(/C=C/C(=O)N(C)CC(=O)Nc2ccccc2Br)c(OC)c1. The molecular formula is C20H21BrN2O4. The van der Waals surface area contributed by atoms with Crippen LogP contribution in [0.15, 0.2) is 53.0 Å². The van der Waals surface area contributed by atoms with E-state index in [2.05, 4.69) is 21.2 Å². The van der Waals surface area contributed by atoms with Crippen LogP contribution in [0.5, 0.6) is 11.5 Å². The Bertz CT molecular complexity index is 852. The Kier molecular flexibility index (Phi) is 7.43. The molecule has 0 aromatic heterocycles. The predicted octanol–water partition coefficient (Wildman–Crippen LogP) is 3.58. The zero-order valence-corrected chi connectivity index (χ0v) is 16.9. The van der Waals surface area contributed by atoms with Crippen LogP contribution in [0.2, 0.25) is 0 Å². The standard InChI is InChI=1S/C20H21BrN2O4/c1-23(13-19(24)22-17-7-5-4-6-16(17)21)20(25)11-9-14-8-10-15(26-2)12-18(14)27-3/h4-12H,13H2,1-3H3,(H,22,24)/b11-9+. The van der Waals surface area contributed by atoms with Crippen molar-refractivity contribution in [3.63, 3.8) is 0 Å². The first-order valence-electron chi connectivity index (χ1n) is 8.14. The predicted molar refractivity (Wildman–Crippen MR) is 109 cm³/mol. The summed E-state index contributed by atoms with van der Waals surface area (Å²) in [5.41, 5.74) is 1.39. The monoisotopic (exact) mass is 432 g/mol. The molecule has 6 nitrogen and oxygen atoms in total. The number of para-hydroxylation sites is 1. The van der Waals surface area contributed by atoms with E-state index >= 15 is 0 Å². The van der Waals surface area contributed by atoms with Crippen molar-refractivity contribution in [2.24, 2.45) is 0 Å². The summed E-state index contributed by atoms with van der Waals surface area (Å²) in [6, 6.07) is 12.6. The van der Waals surface area contributed by atoms with Gasteiger partial charge in [-0.05, 0) is 46.3 Å². The molecule has 142 valence electrons. The summed E-state index contributed by atoms with van der Waals surface area (Å²) in [7, 11) is 4.69. The van der Waals surface area contributed by atoms with E-state index in [0.29, 0.717) is 17.2 Å². The Morgan fingerprint density at radius 2 is 1.89 bits per heavy atom. The van der Waals surface area contributed by atoms with Crippen LogP contribution < -0.4 is 14.8 Å². The van der Waals surface area contributed by atoms with Crippen LogP contribution in [-0.2, 0) is 9.59 Å². The first kappa shape index (κ1) is 20.5. The maximum Gasteiger partial charge on any atom is 0.246 e. The topological polar surface area (TPSA) is 67.9 Å². The lowest BCUT2D eigenvalue weighted by atomic mass is 10.1. The number of amides is 2. The highest BCUT2D eigenvalue weighted by Crippen LogP contribution is 2.25. The van der Waals surface area contributed by atoms with E-state index in [0.717, 1.165) is 10.0 Å². The fourth-order valence-corrected chi connectivity index (χ4v) is 2.67. The molecule has 0 radical (unpaired) electrons. The molecule has 0 saturated carbocycles. The second-order valence-corrected chi connectivity index (χ2v) is 6.52. The molecular weight excluding hydrogens is 412 g/mol. The van der Waals surface area contributed by atoms with E-state index in [9.17, 15) is 9.59 Å². The molecule has 0 unspecified atom stereocenters. The van der Waals surface area contributed by atoms with E-state index < -0.39 is 0 Å². The molecule has 2 rings (SSSR count). The van der Waals surface area contributed by atoms with Crippen molar-refractivity contribution in [1.82, 2.24) is 4.90 Å². The summed E-state index contributed by atoms with van der Waals surface area (Å²) in [5.74, 6) is 0.673. The minimum Gasteiger partial charge on any atom is -0.497 e. The Balaban J connectivity index is 1.98. The summed E-state index contributed by atoms with van der Waals surface area (Å²) < 4.78 is 11.2. The molecule has 2 amide bonds. The molecule has 2 aromatic carbocycles. The molecule has 0 bridgehead atoms. The number of anilines is 1. The van der Waals surface area contributed by atoms with Crippen LogP contribution in [0.1, 0.15) is 5.56 Å². The van der Waals surface area contributed by atoms with Gasteiger partial charge in [-0.25, -0.2) is 0 Å². The van der Waals surface area contributed by atoms with Gasteiger partial charge in [0.15, 0.2) is 0 Å². The summed E-state index contributed by atoms with van der Waals surface area (Å²) >= 11 is 3.37. The summed E-state index contributed by atoms with van der Waals surface area (Å²) in [4.78, 5) is 25.8. The van der Waals surface area contributed by atoms with Crippen LogP contribution >= 0.6 is 15.9 Å². The van der Waals surface area contributed by atoms with E-state index in [4.69, 9.17) is 9.47 Å². The molecule has 2 aromatic rings. The molecule has 0 saturated heterocycles. The Hall–Kier alpha value is -2.80. The van der Waals surface area contributed by atoms with Gasteiger partial charge in [-0.2, -0.15) is 0 Å². The van der Waals surface area contributed by atoms with Gasteiger partial charge in [0.25, 0.3) is 0 Å². The van der Waals surface area contributed by atoms with Gasteiger partial charge in [-0.15, -0.1) is 0 Å². The van der Waals surface area contributed by atoms with Crippen LogP contribution in [0, 0.1) is 0 Å². The minimum absolute atomic E-state index is 0.0652. The summed E-state index contributed by atoms with van der Waals surface area (Å²) in [5, 5.41) is 2.76. The number of carbonyl (C=O) groups excluding carboxylic acids is 2. The van der Waals surface area contributed by atoms with Gasteiger partial charge in [-0.1, -0.05) is 12.1 Å². The molecule has 0 atom stereocenters. The number of likely N-dealkylation sites (N-methyl/N-ethyl adjacent to an activating group) is 1. The lowest BCUT2D eigenvalue weighted by Gasteiger charge is -2.15. The molecule has 0 heterocycles. The number of methoxy groups -OCH3 is 2. The van der Waals surface area contributed by atoms with Crippen molar-refractivity contribution < 1.29 is 19.1 Å². The number of rotatable bonds is 7. The normalized spacial score (nSPS) is 10.5. The molecule has 27 heavy (non-hydrogen) atoms. The van der Waals surface area contributed by atoms with Gasteiger partial charge < -0.3 is 19.7 Å². The minimum atomic E-state index is -0.296. The highest BCUT2D eigenvalue weighted by atomic mass is 79.9. The molecule has 0 aliphatic heterocycles. The van der Waals surface area contributed by atoms with Crippen molar-refractivity contribution in [2.75, 3.05) is 33.1 Å². The number of carbonyl (C=O) groups is 2. The average molecular weight is 433 g/mol. The van der Waals surface area contributed by atoms with Crippen molar-refractivity contribution in [1.29, 1.82) is 0 Å². The van der Waals surface area contributed by atoms with Crippen LogP contribution in [0.4, 0.5) is 5.69 Å². The number of benzene rings is 2. The largest absolute Gasteiger partial charge is 0.497 e. The molecule has 1 N–H and O–H groups in total. The van der Waals surface area contributed by atoms with E-state index in [1.54, 1.807) is 51.6 Å². The quantitative estimate of drug-likeness (QED) is 0.678. The lowest BCUT2D eigenvalue weighted by Crippen LogP contribution is -2.33. The van der Waals surface area contributed by atoms with E-state index in [-0.39, 0.29) is 18.4 Å². The third kappa shape index (κ3) is 5.86. The van der Waals surface area contributed by atoms with Gasteiger partial charge in [0.1, 0.15) is 11.5 Å². The van der Waals surface area contributed by atoms with Gasteiger partial charge >= 0.3 is 0 Å². The Labute approximate surface area is 166 Å². The number of nitrogens with one attached hydrogen (secondary N) is 1. The molecule has 0 spiro atoms. The van der Waals surface area contributed by atoms with E-state index in [1.165, 1.54) is 11.0 Å². The van der Waals surface area contributed by atoms with E-state index in [1.807, 2.05) is 18.2 Å². The number of halogens is 1. The summed E-state index contributed by atoms with van der Waals surface area (Å²) in [6.07, 6.45) is 3.04. The fourth-order valence-electron chi connectivity index (χ4n) is 2.29. The number of hydrogen-bond donors (Lipinski definition) is 1. The maximum absolute atomic E-state index is 12.3. The first-order chi connectivity index (χ1) is 12.9. The van der Waals surface area contributed by atoms with Crippen molar-refractivity contribution in [2.45, 2.75) is 0 Å². The zero-order valence-electron chi connectivity index (χ0n) is 15.4.